The summed E-state index contributed by atoms with van der Waals surface area (Å²) in [6, 6.07) is 6.73. The normalized spacial score (nSPS) is 14.8. The lowest BCUT2D eigenvalue weighted by Crippen LogP contribution is -2.41. The van der Waals surface area contributed by atoms with Crippen LogP contribution in [0.25, 0.3) is 0 Å². The van der Waals surface area contributed by atoms with Crippen LogP contribution in [0.1, 0.15) is 32.3 Å². The molecule has 1 unspecified atom stereocenters. The van der Waals surface area contributed by atoms with E-state index in [-0.39, 0.29) is 12.4 Å². The predicted octanol–water partition coefficient (Wildman–Crippen LogP) is 2.42. The van der Waals surface area contributed by atoms with Crippen molar-refractivity contribution in [3.8, 4) is 0 Å². The van der Waals surface area contributed by atoms with Gasteiger partial charge < -0.3 is 10.4 Å². The molecule has 0 aromatic heterocycles. The molecule has 1 rings (SSSR count). The average Bonchev–Trinajstić information content (AvgIpc) is 2.27. The third-order valence-corrected chi connectivity index (χ3v) is 2.85. The Bertz CT molecular complexity index is 329. The molecule has 2 N–H and O–H groups in total. The zero-order valence-corrected chi connectivity index (χ0v) is 9.96. The van der Waals surface area contributed by atoms with Crippen LogP contribution >= 0.6 is 0 Å². The molecule has 0 radical (unpaired) electrons. The van der Waals surface area contributed by atoms with Crippen molar-refractivity contribution < 1.29 is 9.50 Å². The highest BCUT2D eigenvalue weighted by molar-refractivity contribution is 5.25. The molecule has 0 heterocycles. The first-order chi connectivity index (χ1) is 7.64. The van der Waals surface area contributed by atoms with Crippen molar-refractivity contribution in [2.75, 3.05) is 13.2 Å². The minimum atomic E-state index is -0.490. The summed E-state index contributed by atoms with van der Waals surface area (Å²) in [5, 5.41) is 12.4. The molecule has 1 atom stereocenters. The molecule has 0 aliphatic rings. The Morgan fingerprint density at radius 1 is 1.38 bits per heavy atom. The summed E-state index contributed by atoms with van der Waals surface area (Å²) < 4.78 is 13.7. The summed E-state index contributed by atoms with van der Waals surface area (Å²) in [6.07, 6.45) is 1.49. The average molecular weight is 225 g/mol. The van der Waals surface area contributed by atoms with Crippen LogP contribution in [0.3, 0.4) is 0 Å². The molecule has 0 spiro atoms. The second-order valence-corrected chi connectivity index (χ2v) is 4.21. The Morgan fingerprint density at radius 2 is 2.06 bits per heavy atom. The Balaban J connectivity index is 2.96. The van der Waals surface area contributed by atoms with E-state index in [0.29, 0.717) is 12.0 Å². The molecule has 3 heteroatoms. The number of halogens is 1. The van der Waals surface area contributed by atoms with Crippen LogP contribution in [0.4, 0.5) is 4.39 Å². The van der Waals surface area contributed by atoms with Gasteiger partial charge in [-0.1, -0.05) is 25.1 Å². The van der Waals surface area contributed by atoms with E-state index in [1.807, 2.05) is 13.0 Å². The van der Waals surface area contributed by atoms with Gasteiger partial charge in [0, 0.05) is 17.7 Å². The molecule has 16 heavy (non-hydrogen) atoms. The van der Waals surface area contributed by atoms with E-state index >= 15 is 0 Å². The number of aliphatic hydroxyl groups excluding tert-OH is 1. The van der Waals surface area contributed by atoms with Crippen molar-refractivity contribution in [3.05, 3.63) is 35.6 Å². The Kier molecular flexibility index (Phi) is 4.90. The standard InChI is InChI=1S/C13H20FNO/c1-3-9-15-13(2,8-10-16)11-6-4-5-7-12(11)14/h4-7,15-16H,3,8-10H2,1-2H3. The number of aliphatic hydroxyl groups is 1. The maximum Gasteiger partial charge on any atom is 0.128 e. The molecular formula is C13H20FNO. The topological polar surface area (TPSA) is 32.3 Å². The SMILES string of the molecule is CCCNC(C)(CCO)c1ccccc1F. The Labute approximate surface area is 96.5 Å². The molecule has 0 amide bonds. The maximum absolute atomic E-state index is 13.7. The number of benzene rings is 1. The van der Waals surface area contributed by atoms with E-state index in [1.165, 1.54) is 6.07 Å². The molecule has 0 bridgehead atoms. The first-order valence-electron chi connectivity index (χ1n) is 5.75. The van der Waals surface area contributed by atoms with Gasteiger partial charge in [0.25, 0.3) is 0 Å². The highest BCUT2D eigenvalue weighted by Gasteiger charge is 2.27. The van der Waals surface area contributed by atoms with E-state index in [2.05, 4.69) is 12.2 Å². The molecule has 0 saturated heterocycles. The number of nitrogens with one attached hydrogen (secondary N) is 1. The highest BCUT2D eigenvalue weighted by Crippen LogP contribution is 2.26. The third kappa shape index (κ3) is 3.03. The molecule has 1 aromatic rings. The second kappa shape index (κ2) is 5.97. The van der Waals surface area contributed by atoms with E-state index in [1.54, 1.807) is 12.1 Å². The number of rotatable bonds is 6. The largest absolute Gasteiger partial charge is 0.396 e. The van der Waals surface area contributed by atoms with Gasteiger partial charge in [-0.15, -0.1) is 0 Å². The third-order valence-electron chi connectivity index (χ3n) is 2.85. The minimum Gasteiger partial charge on any atom is -0.396 e. The summed E-state index contributed by atoms with van der Waals surface area (Å²) in [5.74, 6) is -0.220. The molecule has 2 nitrogen and oxygen atoms in total. The summed E-state index contributed by atoms with van der Waals surface area (Å²) in [7, 11) is 0. The maximum atomic E-state index is 13.7. The molecule has 1 aromatic carbocycles. The number of hydrogen-bond acceptors (Lipinski definition) is 2. The molecular weight excluding hydrogens is 205 g/mol. The fourth-order valence-corrected chi connectivity index (χ4v) is 1.85. The van der Waals surface area contributed by atoms with E-state index in [0.717, 1.165) is 13.0 Å². The van der Waals surface area contributed by atoms with Crippen LogP contribution in [0.5, 0.6) is 0 Å². The summed E-state index contributed by atoms with van der Waals surface area (Å²) in [5.41, 5.74) is 0.133. The van der Waals surface area contributed by atoms with Crippen molar-refractivity contribution >= 4 is 0 Å². The summed E-state index contributed by atoms with van der Waals surface area (Å²) >= 11 is 0. The molecule has 0 aliphatic heterocycles. The fraction of sp³-hybridized carbons (Fsp3) is 0.538. The Hall–Kier alpha value is -0.930. The van der Waals surface area contributed by atoms with Crippen molar-refractivity contribution in [2.24, 2.45) is 0 Å². The van der Waals surface area contributed by atoms with Gasteiger partial charge in [0.1, 0.15) is 5.82 Å². The first-order valence-corrected chi connectivity index (χ1v) is 5.75. The predicted molar refractivity (Wildman–Crippen MR) is 63.7 cm³/mol. The van der Waals surface area contributed by atoms with E-state index in [4.69, 9.17) is 5.11 Å². The van der Waals surface area contributed by atoms with E-state index < -0.39 is 5.54 Å². The van der Waals surface area contributed by atoms with Crippen LogP contribution in [-0.4, -0.2) is 18.3 Å². The lowest BCUT2D eigenvalue weighted by molar-refractivity contribution is 0.218. The van der Waals surface area contributed by atoms with Crippen LogP contribution in [0.2, 0.25) is 0 Å². The van der Waals surface area contributed by atoms with Crippen LogP contribution < -0.4 is 5.32 Å². The van der Waals surface area contributed by atoms with Crippen LogP contribution in [-0.2, 0) is 5.54 Å². The van der Waals surface area contributed by atoms with Gasteiger partial charge in [-0.05, 0) is 32.4 Å². The quantitative estimate of drug-likeness (QED) is 0.779. The molecule has 90 valence electrons. The zero-order valence-electron chi connectivity index (χ0n) is 9.96. The van der Waals surface area contributed by atoms with Crippen molar-refractivity contribution in [1.82, 2.24) is 5.32 Å². The molecule has 0 fully saturated rings. The van der Waals surface area contributed by atoms with Crippen molar-refractivity contribution in [2.45, 2.75) is 32.2 Å². The van der Waals surface area contributed by atoms with Gasteiger partial charge in [0.2, 0.25) is 0 Å². The summed E-state index contributed by atoms with van der Waals surface area (Å²) in [6.45, 7) is 4.84. The first kappa shape index (κ1) is 13.1. The summed E-state index contributed by atoms with van der Waals surface area (Å²) in [4.78, 5) is 0. The second-order valence-electron chi connectivity index (χ2n) is 4.21. The molecule has 0 saturated carbocycles. The Morgan fingerprint density at radius 3 is 2.62 bits per heavy atom. The van der Waals surface area contributed by atoms with Crippen molar-refractivity contribution in [3.63, 3.8) is 0 Å². The molecule has 0 aliphatic carbocycles. The van der Waals surface area contributed by atoms with Gasteiger partial charge in [-0.25, -0.2) is 4.39 Å². The van der Waals surface area contributed by atoms with Gasteiger partial charge >= 0.3 is 0 Å². The zero-order chi connectivity index (χ0) is 12.0. The van der Waals surface area contributed by atoms with Crippen LogP contribution in [0.15, 0.2) is 24.3 Å². The highest BCUT2D eigenvalue weighted by atomic mass is 19.1. The lowest BCUT2D eigenvalue weighted by Gasteiger charge is -2.31. The number of hydrogen-bond donors (Lipinski definition) is 2. The van der Waals surface area contributed by atoms with Gasteiger partial charge in [-0.3, -0.25) is 0 Å². The van der Waals surface area contributed by atoms with Crippen LogP contribution in [0, 0.1) is 5.82 Å². The lowest BCUT2D eigenvalue weighted by atomic mass is 9.88. The van der Waals surface area contributed by atoms with Gasteiger partial charge in [0.15, 0.2) is 0 Å². The monoisotopic (exact) mass is 225 g/mol. The van der Waals surface area contributed by atoms with E-state index in [9.17, 15) is 4.39 Å². The van der Waals surface area contributed by atoms with Gasteiger partial charge in [-0.2, -0.15) is 0 Å². The van der Waals surface area contributed by atoms with Gasteiger partial charge in [0.05, 0.1) is 0 Å². The minimum absolute atomic E-state index is 0.0432. The smallest absolute Gasteiger partial charge is 0.128 e. The fourth-order valence-electron chi connectivity index (χ4n) is 1.85. The van der Waals surface area contributed by atoms with Crippen molar-refractivity contribution in [1.29, 1.82) is 0 Å².